The quantitative estimate of drug-likeness (QED) is 0.785. The fourth-order valence-electron chi connectivity index (χ4n) is 1.51. The van der Waals surface area contributed by atoms with Crippen LogP contribution < -0.4 is 11.2 Å². The molecule has 0 aliphatic rings. The van der Waals surface area contributed by atoms with Crippen molar-refractivity contribution in [2.75, 3.05) is 12.0 Å². The normalized spacial score (nSPS) is 11.7. The molecule has 0 spiro atoms. The number of nitrogens with zero attached hydrogens (tertiary/aromatic N) is 1. The Labute approximate surface area is 110 Å². The Morgan fingerprint density at radius 2 is 1.94 bits per heavy atom. The van der Waals surface area contributed by atoms with E-state index in [1.807, 2.05) is 6.92 Å². The van der Waals surface area contributed by atoms with Gasteiger partial charge < -0.3 is 0 Å². The van der Waals surface area contributed by atoms with Crippen molar-refractivity contribution >= 4 is 21.4 Å². The van der Waals surface area contributed by atoms with Gasteiger partial charge in [0.15, 0.2) is 0 Å². The average molecular weight is 295 g/mol. The number of nitrogens with one attached hydrogen (secondary N) is 1. The first-order valence-electron chi connectivity index (χ1n) is 5.45. The van der Waals surface area contributed by atoms with E-state index in [1.165, 1.54) is 0 Å². The number of rotatable bonds is 5. The summed E-state index contributed by atoms with van der Waals surface area (Å²) in [5.74, 6) is -0.261. The topological polar surface area (TPSA) is 89.0 Å². The van der Waals surface area contributed by atoms with Gasteiger partial charge in [-0.05, 0) is 6.42 Å². The van der Waals surface area contributed by atoms with E-state index in [0.717, 1.165) is 10.8 Å². The fraction of sp³-hybridized carbons (Fsp3) is 0.600. The molecule has 0 saturated heterocycles. The lowest BCUT2D eigenvalue weighted by Crippen LogP contribution is -2.39. The summed E-state index contributed by atoms with van der Waals surface area (Å²) >= 11 is 5.79. The van der Waals surface area contributed by atoms with Crippen LogP contribution in [0.5, 0.6) is 0 Å². The molecule has 0 saturated carbocycles. The first kappa shape index (κ1) is 15.0. The van der Waals surface area contributed by atoms with E-state index in [2.05, 4.69) is 4.98 Å². The second-order valence-electron chi connectivity index (χ2n) is 4.06. The molecule has 18 heavy (non-hydrogen) atoms. The minimum atomic E-state index is -3.24. The van der Waals surface area contributed by atoms with E-state index in [0.29, 0.717) is 18.4 Å². The van der Waals surface area contributed by atoms with E-state index in [4.69, 9.17) is 11.6 Å². The second kappa shape index (κ2) is 5.71. The van der Waals surface area contributed by atoms with Crippen LogP contribution in [0.15, 0.2) is 9.59 Å². The number of H-pyrrole nitrogens is 1. The van der Waals surface area contributed by atoms with E-state index < -0.39 is 21.1 Å². The van der Waals surface area contributed by atoms with Gasteiger partial charge in [-0.15, -0.1) is 0 Å². The minimum Gasteiger partial charge on any atom is -0.297 e. The molecule has 0 bridgehead atoms. The highest BCUT2D eigenvalue weighted by atomic mass is 35.5. The van der Waals surface area contributed by atoms with E-state index >= 15 is 0 Å². The van der Waals surface area contributed by atoms with E-state index in [9.17, 15) is 18.0 Å². The molecule has 1 rings (SSSR count). The lowest BCUT2D eigenvalue weighted by molar-refractivity contribution is 0.587. The Kier molecular flexibility index (Phi) is 4.75. The average Bonchev–Trinajstić information content (AvgIpc) is 2.22. The largest absolute Gasteiger partial charge is 0.329 e. The highest BCUT2D eigenvalue weighted by molar-refractivity contribution is 7.90. The SMILES string of the molecule is CCCc1c(Cl)[nH]c(=O)n(CCS(C)(=O)=O)c1=O. The van der Waals surface area contributed by atoms with Crippen LogP contribution >= 0.6 is 11.6 Å². The summed E-state index contributed by atoms with van der Waals surface area (Å²) in [6.07, 6.45) is 2.19. The smallest absolute Gasteiger partial charge is 0.297 e. The molecule has 0 aromatic carbocycles. The summed E-state index contributed by atoms with van der Waals surface area (Å²) in [4.78, 5) is 25.9. The zero-order valence-electron chi connectivity index (χ0n) is 10.2. The van der Waals surface area contributed by atoms with Crippen molar-refractivity contribution < 1.29 is 8.42 Å². The fourth-order valence-corrected chi connectivity index (χ4v) is 2.28. The highest BCUT2D eigenvalue weighted by Crippen LogP contribution is 2.07. The van der Waals surface area contributed by atoms with Crippen LogP contribution in [0.4, 0.5) is 0 Å². The molecule has 0 amide bonds. The number of hydrogen-bond acceptors (Lipinski definition) is 4. The monoisotopic (exact) mass is 294 g/mol. The van der Waals surface area contributed by atoms with E-state index in [-0.39, 0.29) is 17.5 Å². The number of sulfone groups is 1. The van der Waals surface area contributed by atoms with Gasteiger partial charge in [0.05, 0.1) is 11.3 Å². The Morgan fingerprint density at radius 3 is 2.44 bits per heavy atom. The third-order valence-electron chi connectivity index (χ3n) is 2.42. The molecular formula is C10H15ClN2O4S. The van der Waals surface area contributed by atoms with Crippen LogP contribution in [0.1, 0.15) is 18.9 Å². The standard InChI is InChI=1S/C10H15ClN2O4S/c1-3-4-7-8(11)12-10(15)13(9(7)14)5-6-18(2,16)17/h3-6H2,1-2H3,(H,12,15). The van der Waals surface area contributed by atoms with Crippen molar-refractivity contribution in [3.05, 3.63) is 31.6 Å². The third kappa shape index (κ3) is 3.71. The number of hydrogen-bond donors (Lipinski definition) is 1. The van der Waals surface area contributed by atoms with Gasteiger partial charge >= 0.3 is 5.69 Å². The Balaban J connectivity index is 3.24. The maximum absolute atomic E-state index is 12.0. The lowest BCUT2D eigenvalue weighted by atomic mass is 10.2. The molecule has 0 unspecified atom stereocenters. The maximum Gasteiger partial charge on any atom is 0.329 e. The first-order valence-corrected chi connectivity index (χ1v) is 7.89. The van der Waals surface area contributed by atoms with Gasteiger partial charge in [0, 0.05) is 12.8 Å². The van der Waals surface area contributed by atoms with Crippen molar-refractivity contribution in [1.82, 2.24) is 9.55 Å². The van der Waals surface area contributed by atoms with Crippen molar-refractivity contribution in [1.29, 1.82) is 0 Å². The molecule has 1 heterocycles. The van der Waals surface area contributed by atoms with Gasteiger partial charge in [-0.25, -0.2) is 13.2 Å². The van der Waals surface area contributed by atoms with Crippen LogP contribution in [0, 0.1) is 0 Å². The van der Waals surface area contributed by atoms with Gasteiger partial charge in [-0.2, -0.15) is 0 Å². The summed E-state index contributed by atoms with van der Waals surface area (Å²) in [6.45, 7) is 1.71. The van der Waals surface area contributed by atoms with Crippen LogP contribution in [0.3, 0.4) is 0 Å². The van der Waals surface area contributed by atoms with Gasteiger partial charge in [0.2, 0.25) is 0 Å². The maximum atomic E-state index is 12.0. The molecule has 6 nitrogen and oxygen atoms in total. The van der Waals surface area contributed by atoms with Gasteiger partial charge in [0.25, 0.3) is 5.56 Å². The molecule has 1 aromatic heterocycles. The predicted octanol–water partition coefficient (Wildman–Crippen LogP) is 0.187. The predicted molar refractivity (Wildman–Crippen MR) is 70.0 cm³/mol. The van der Waals surface area contributed by atoms with Crippen LogP contribution in [-0.2, 0) is 22.8 Å². The molecule has 0 atom stereocenters. The molecule has 8 heteroatoms. The summed E-state index contributed by atoms with van der Waals surface area (Å²) in [5, 5.41) is 0.0301. The molecule has 1 N–H and O–H groups in total. The Hall–Kier alpha value is -1.08. The zero-order chi connectivity index (χ0) is 13.9. The highest BCUT2D eigenvalue weighted by Gasteiger charge is 2.13. The van der Waals surface area contributed by atoms with Gasteiger partial charge in [0.1, 0.15) is 15.0 Å². The zero-order valence-corrected chi connectivity index (χ0v) is 11.8. The molecule has 1 aromatic rings. The molecule has 0 fully saturated rings. The van der Waals surface area contributed by atoms with Gasteiger partial charge in [-0.1, -0.05) is 24.9 Å². The first-order chi connectivity index (χ1) is 8.26. The lowest BCUT2D eigenvalue weighted by Gasteiger charge is -2.07. The van der Waals surface area contributed by atoms with Crippen molar-refractivity contribution in [3.63, 3.8) is 0 Å². The summed E-state index contributed by atoms with van der Waals surface area (Å²) in [7, 11) is -3.24. The van der Waals surface area contributed by atoms with Crippen molar-refractivity contribution in [3.8, 4) is 0 Å². The number of halogens is 1. The minimum absolute atomic E-state index is 0.0301. The number of aromatic amines is 1. The Bertz CT molecular complexity index is 645. The summed E-state index contributed by atoms with van der Waals surface area (Å²) in [5.41, 5.74) is -0.893. The number of aromatic nitrogens is 2. The van der Waals surface area contributed by atoms with Crippen molar-refractivity contribution in [2.24, 2.45) is 0 Å². The molecule has 102 valence electrons. The molecular weight excluding hydrogens is 280 g/mol. The van der Waals surface area contributed by atoms with Gasteiger partial charge in [-0.3, -0.25) is 14.3 Å². The second-order valence-corrected chi connectivity index (χ2v) is 6.70. The molecule has 0 radical (unpaired) electrons. The molecule has 0 aliphatic carbocycles. The van der Waals surface area contributed by atoms with Crippen LogP contribution in [-0.4, -0.2) is 30.0 Å². The third-order valence-corrected chi connectivity index (χ3v) is 3.66. The summed E-state index contributed by atoms with van der Waals surface area (Å²) in [6, 6.07) is 0. The van der Waals surface area contributed by atoms with Crippen LogP contribution in [0.25, 0.3) is 0 Å². The van der Waals surface area contributed by atoms with Crippen molar-refractivity contribution in [2.45, 2.75) is 26.3 Å². The van der Waals surface area contributed by atoms with E-state index in [1.54, 1.807) is 0 Å². The molecule has 0 aliphatic heterocycles. The Morgan fingerprint density at radius 1 is 1.33 bits per heavy atom. The van der Waals surface area contributed by atoms with Crippen LogP contribution in [0.2, 0.25) is 5.15 Å². The summed E-state index contributed by atoms with van der Waals surface area (Å²) < 4.78 is 23.0.